The van der Waals surface area contributed by atoms with E-state index in [4.69, 9.17) is 17.0 Å². The average Bonchev–Trinajstić information content (AvgIpc) is 3.10. The van der Waals surface area contributed by atoms with Gasteiger partial charge in [0.2, 0.25) is 5.91 Å². The SMILES string of the molecule is COc1ccc(/C=C2\SC(=S)N(CCCCCC(=O)NNC(=O)c3ccc(F)cc3)C2=O)cc1. The van der Waals surface area contributed by atoms with Crippen LogP contribution in [0.25, 0.3) is 6.08 Å². The second-order valence-electron chi connectivity index (χ2n) is 7.43. The molecule has 2 N–H and O–H groups in total. The maximum Gasteiger partial charge on any atom is 0.269 e. The smallest absolute Gasteiger partial charge is 0.269 e. The third-order valence-corrected chi connectivity index (χ3v) is 6.37. The van der Waals surface area contributed by atoms with Crippen molar-refractivity contribution in [2.75, 3.05) is 13.7 Å². The fourth-order valence-electron chi connectivity index (χ4n) is 3.14. The molecule has 0 spiro atoms. The molecule has 178 valence electrons. The molecule has 2 aromatic carbocycles. The van der Waals surface area contributed by atoms with E-state index < -0.39 is 11.7 Å². The molecule has 1 aliphatic heterocycles. The maximum atomic E-state index is 12.9. The highest BCUT2D eigenvalue weighted by Crippen LogP contribution is 2.33. The molecule has 3 rings (SSSR count). The first-order chi connectivity index (χ1) is 16.4. The second kappa shape index (κ2) is 12.3. The van der Waals surface area contributed by atoms with E-state index in [0.717, 1.165) is 11.3 Å². The molecule has 1 fully saturated rings. The van der Waals surface area contributed by atoms with Crippen molar-refractivity contribution in [2.45, 2.75) is 25.7 Å². The molecule has 34 heavy (non-hydrogen) atoms. The maximum absolute atomic E-state index is 12.9. The van der Waals surface area contributed by atoms with Crippen molar-refractivity contribution in [3.8, 4) is 5.75 Å². The van der Waals surface area contributed by atoms with E-state index in [2.05, 4.69) is 10.9 Å². The predicted molar refractivity (Wildman–Crippen MR) is 133 cm³/mol. The van der Waals surface area contributed by atoms with Crippen LogP contribution in [0, 0.1) is 5.82 Å². The van der Waals surface area contributed by atoms with E-state index in [1.807, 2.05) is 30.3 Å². The van der Waals surface area contributed by atoms with Crippen molar-refractivity contribution in [3.05, 3.63) is 70.4 Å². The number of hydrogen-bond donors (Lipinski definition) is 2. The molecule has 0 aromatic heterocycles. The quantitative estimate of drug-likeness (QED) is 0.233. The van der Waals surface area contributed by atoms with Gasteiger partial charge in [-0.05, 0) is 60.9 Å². The molecule has 1 aliphatic rings. The number of carbonyl (C=O) groups is 3. The zero-order chi connectivity index (χ0) is 24.5. The van der Waals surface area contributed by atoms with Crippen LogP contribution in [0.4, 0.5) is 4.39 Å². The van der Waals surface area contributed by atoms with Crippen molar-refractivity contribution in [1.82, 2.24) is 15.8 Å². The van der Waals surface area contributed by atoms with Gasteiger partial charge in [-0.25, -0.2) is 4.39 Å². The summed E-state index contributed by atoms with van der Waals surface area (Å²) in [6.45, 7) is 0.480. The number of hydrogen-bond acceptors (Lipinski definition) is 6. The summed E-state index contributed by atoms with van der Waals surface area (Å²) in [5.74, 6) is -0.672. The van der Waals surface area contributed by atoms with E-state index in [1.165, 1.54) is 36.0 Å². The van der Waals surface area contributed by atoms with Gasteiger partial charge in [0.05, 0.1) is 12.0 Å². The van der Waals surface area contributed by atoms with Gasteiger partial charge < -0.3 is 4.74 Å². The van der Waals surface area contributed by atoms with Crippen molar-refractivity contribution < 1.29 is 23.5 Å². The molecule has 0 unspecified atom stereocenters. The first-order valence-electron chi connectivity index (χ1n) is 10.6. The zero-order valence-corrected chi connectivity index (χ0v) is 20.1. The lowest BCUT2D eigenvalue weighted by Gasteiger charge is -2.14. The standard InChI is InChI=1S/C24H24FN3O4S2/c1-32-19-12-6-16(7-13-19)15-20-23(31)28(24(33)34-20)14-4-2-3-5-21(29)26-27-22(30)17-8-10-18(25)11-9-17/h6-13,15H,2-5,14H2,1H3,(H,26,29)(H,27,30)/b20-15-. The van der Waals surface area contributed by atoms with Gasteiger partial charge >= 0.3 is 0 Å². The number of benzene rings is 2. The van der Waals surface area contributed by atoms with Gasteiger partial charge in [-0.1, -0.05) is 42.5 Å². The van der Waals surface area contributed by atoms with E-state index in [1.54, 1.807) is 12.0 Å². The summed E-state index contributed by atoms with van der Waals surface area (Å²) >= 11 is 6.63. The Labute approximate surface area is 206 Å². The van der Waals surface area contributed by atoms with E-state index in [0.29, 0.717) is 35.0 Å². The van der Waals surface area contributed by atoms with Crippen molar-refractivity contribution in [1.29, 1.82) is 0 Å². The number of nitrogens with one attached hydrogen (secondary N) is 2. The summed E-state index contributed by atoms with van der Waals surface area (Å²) in [5, 5.41) is 0. The number of unbranched alkanes of at least 4 members (excludes halogenated alkanes) is 2. The number of rotatable bonds is 9. The van der Waals surface area contributed by atoms with E-state index in [9.17, 15) is 18.8 Å². The monoisotopic (exact) mass is 501 g/mol. The number of thioether (sulfide) groups is 1. The Bertz CT molecular complexity index is 1090. The summed E-state index contributed by atoms with van der Waals surface area (Å²) in [7, 11) is 1.60. The largest absolute Gasteiger partial charge is 0.497 e. The fourth-order valence-corrected chi connectivity index (χ4v) is 4.45. The van der Waals surface area contributed by atoms with E-state index >= 15 is 0 Å². The lowest BCUT2D eigenvalue weighted by molar-refractivity contribution is -0.123. The molecule has 10 heteroatoms. The van der Waals surface area contributed by atoms with Crippen LogP contribution in [-0.2, 0) is 9.59 Å². The molecule has 0 saturated carbocycles. The molecule has 0 atom stereocenters. The Balaban J connectivity index is 1.36. The van der Waals surface area contributed by atoms with Crippen LogP contribution in [0.1, 0.15) is 41.6 Å². The number of carbonyl (C=O) groups excluding carboxylic acids is 3. The third-order valence-electron chi connectivity index (χ3n) is 4.99. The Morgan fingerprint density at radius 2 is 1.76 bits per heavy atom. The van der Waals surface area contributed by atoms with Crippen LogP contribution in [0.5, 0.6) is 5.75 Å². The lowest BCUT2D eigenvalue weighted by atomic mass is 10.1. The number of ether oxygens (including phenoxy) is 1. The number of nitrogens with zero attached hydrogens (tertiary/aromatic N) is 1. The number of hydrazine groups is 1. The van der Waals surface area contributed by atoms with Gasteiger partial charge in [-0.3, -0.25) is 30.1 Å². The Hall–Kier alpha value is -3.24. The highest BCUT2D eigenvalue weighted by Gasteiger charge is 2.31. The molecule has 3 amide bonds. The van der Waals surface area contributed by atoms with Crippen LogP contribution in [-0.4, -0.2) is 40.6 Å². The highest BCUT2D eigenvalue weighted by atomic mass is 32.2. The number of thiocarbonyl (C=S) groups is 1. The molecule has 1 heterocycles. The van der Waals surface area contributed by atoms with Gasteiger partial charge in [0.15, 0.2) is 0 Å². The molecule has 0 radical (unpaired) electrons. The lowest BCUT2D eigenvalue weighted by Crippen LogP contribution is -2.41. The minimum atomic E-state index is -0.523. The number of methoxy groups -OCH3 is 1. The van der Waals surface area contributed by atoms with Crippen LogP contribution in [0.2, 0.25) is 0 Å². The van der Waals surface area contributed by atoms with Crippen LogP contribution < -0.4 is 15.6 Å². The summed E-state index contributed by atoms with van der Waals surface area (Å²) in [5.41, 5.74) is 5.77. The van der Waals surface area contributed by atoms with Gasteiger partial charge in [0.1, 0.15) is 15.9 Å². The van der Waals surface area contributed by atoms with Gasteiger partial charge in [-0.2, -0.15) is 0 Å². The van der Waals surface area contributed by atoms with Crippen LogP contribution in [0.15, 0.2) is 53.4 Å². The molecule has 0 aliphatic carbocycles. The minimum absolute atomic E-state index is 0.118. The Morgan fingerprint density at radius 1 is 1.06 bits per heavy atom. The average molecular weight is 502 g/mol. The molecule has 0 bridgehead atoms. The highest BCUT2D eigenvalue weighted by molar-refractivity contribution is 8.26. The van der Waals surface area contributed by atoms with Gasteiger partial charge in [0, 0.05) is 18.5 Å². The first kappa shape index (κ1) is 25.4. The van der Waals surface area contributed by atoms with Crippen LogP contribution >= 0.6 is 24.0 Å². The van der Waals surface area contributed by atoms with Crippen molar-refractivity contribution >= 4 is 52.1 Å². The molecular weight excluding hydrogens is 477 g/mol. The molecule has 2 aromatic rings. The summed E-state index contributed by atoms with van der Waals surface area (Å²) < 4.78 is 18.6. The zero-order valence-electron chi connectivity index (χ0n) is 18.5. The summed E-state index contributed by atoms with van der Waals surface area (Å²) in [6.07, 6.45) is 4.03. The number of amides is 3. The summed E-state index contributed by atoms with van der Waals surface area (Å²) in [4.78, 5) is 38.7. The molecule has 7 nitrogen and oxygen atoms in total. The van der Waals surface area contributed by atoms with Gasteiger partial charge in [-0.15, -0.1) is 0 Å². The fraction of sp³-hybridized carbons (Fsp3) is 0.250. The number of halogens is 1. The first-order valence-corrected chi connectivity index (χ1v) is 11.8. The van der Waals surface area contributed by atoms with Gasteiger partial charge in [0.25, 0.3) is 11.8 Å². The topological polar surface area (TPSA) is 87.7 Å². The normalized spacial score (nSPS) is 14.4. The van der Waals surface area contributed by atoms with Crippen molar-refractivity contribution in [2.24, 2.45) is 0 Å². The second-order valence-corrected chi connectivity index (χ2v) is 9.10. The minimum Gasteiger partial charge on any atom is -0.497 e. The summed E-state index contributed by atoms with van der Waals surface area (Å²) in [6, 6.07) is 12.4. The third kappa shape index (κ3) is 7.13. The van der Waals surface area contributed by atoms with E-state index in [-0.39, 0.29) is 23.8 Å². The van der Waals surface area contributed by atoms with Crippen molar-refractivity contribution in [3.63, 3.8) is 0 Å². The Morgan fingerprint density at radius 3 is 2.44 bits per heavy atom. The van der Waals surface area contributed by atoms with Crippen LogP contribution in [0.3, 0.4) is 0 Å². The molecular formula is C24H24FN3O4S2. The molecule has 1 saturated heterocycles. The predicted octanol–water partition coefficient (Wildman–Crippen LogP) is 4.06. The Kier molecular flexibility index (Phi) is 9.17.